The summed E-state index contributed by atoms with van der Waals surface area (Å²) in [5, 5.41) is 0. The van der Waals surface area contributed by atoms with Crippen molar-refractivity contribution in [1.29, 1.82) is 0 Å². The van der Waals surface area contributed by atoms with Crippen LogP contribution in [0.25, 0.3) is 22.2 Å². The highest BCUT2D eigenvalue weighted by molar-refractivity contribution is 5.98. The van der Waals surface area contributed by atoms with Crippen molar-refractivity contribution in [2.75, 3.05) is 14.2 Å². The van der Waals surface area contributed by atoms with Gasteiger partial charge in [-0.1, -0.05) is 18.2 Å². The van der Waals surface area contributed by atoms with E-state index in [1.54, 1.807) is 6.07 Å². The van der Waals surface area contributed by atoms with Crippen LogP contribution in [0.2, 0.25) is 0 Å². The van der Waals surface area contributed by atoms with Crippen molar-refractivity contribution >= 4 is 16.8 Å². The van der Waals surface area contributed by atoms with Gasteiger partial charge in [0.25, 0.3) is 5.88 Å². The van der Waals surface area contributed by atoms with E-state index in [1.165, 1.54) is 50.7 Å². The monoisotopic (exact) mass is 637 g/mol. The van der Waals surface area contributed by atoms with Gasteiger partial charge in [0, 0.05) is 42.7 Å². The number of rotatable bonds is 9. The van der Waals surface area contributed by atoms with Crippen molar-refractivity contribution in [3.63, 3.8) is 0 Å². The maximum atomic E-state index is 15.3. The third-order valence-corrected chi connectivity index (χ3v) is 7.83. The zero-order chi connectivity index (χ0) is 32.8. The van der Waals surface area contributed by atoms with Gasteiger partial charge in [0.15, 0.2) is 34.3 Å². The Morgan fingerprint density at radius 2 is 1.67 bits per heavy atom. The number of hydrogen-bond donors (Lipinski definition) is 0. The minimum atomic E-state index is -4.64. The van der Waals surface area contributed by atoms with Crippen molar-refractivity contribution in [3.8, 4) is 34.3 Å². The van der Waals surface area contributed by atoms with Crippen LogP contribution in [0.15, 0.2) is 78.0 Å². The number of nitrogens with zero attached hydrogens (tertiary/aromatic N) is 3. The highest BCUT2D eigenvalue weighted by atomic mass is 19.4. The van der Waals surface area contributed by atoms with E-state index in [9.17, 15) is 27.2 Å². The lowest BCUT2D eigenvalue weighted by Crippen LogP contribution is -2.36. The van der Waals surface area contributed by atoms with Crippen molar-refractivity contribution < 1.29 is 41.0 Å². The van der Waals surface area contributed by atoms with Crippen LogP contribution in [0.4, 0.5) is 22.0 Å². The van der Waals surface area contributed by atoms with Crippen molar-refractivity contribution in [1.82, 2.24) is 14.5 Å². The molecule has 13 heteroatoms. The fraction of sp³-hybridized carbons (Fsp3) is 0.212. The molecule has 3 aromatic heterocycles. The summed E-state index contributed by atoms with van der Waals surface area (Å²) in [4.78, 5) is 35.4. The molecule has 0 radical (unpaired) electrons. The number of ketones is 1. The van der Waals surface area contributed by atoms with Crippen molar-refractivity contribution in [3.05, 3.63) is 106 Å². The fourth-order valence-electron chi connectivity index (χ4n) is 5.19. The quantitative estimate of drug-likeness (QED) is 0.127. The second-order valence-corrected chi connectivity index (χ2v) is 10.7. The molecule has 0 N–H and O–H groups in total. The lowest BCUT2D eigenvalue weighted by atomic mass is 9.99. The van der Waals surface area contributed by atoms with Crippen LogP contribution in [0.1, 0.15) is 28.8 Å². The average molecular weight is 638 g/mol. The molecular weight excluding hydrogens is 613 g/mol. The number of carbonyl (C=O) groups is 1. The van der Waals surface area contributed by atoms with E-state index in [-0.39, 0.29) is 52.4 Å². The Bertz CT molecular complexity index is 2040. The van der Waals surface area contributed by atoms with E-state index in [0.717, 1.165) is 35.2 Å². The molecule has 236 valence electrons. The standard InChI is InChI=1S/C33H24F5N3O5/c1-44-28-15-24-29(40-31(28)45-2)27(9-12-39-24)46-26-8-3-18(13-23(26)35)14-25(42)22-17-41(32(10-11-32)33(36,37)38)16-21(30(22)43)19-4-6-20(34)7-5-19/h3-9,12-13,15-17H,10-11,14H2,1-2H3. The number of benzene rings is 2. The van der Waals surface area contributed by atoms with Gasteiger partial charge in [0.1, 0.15) is 16.9 Å². The molecule has 0 saturated heterocycles. The number of alkyl halides is 3. The number of fused-ring (bicyclic) bond motifs is 1. The molecule has 0 atom stereocenters. The molecule has 0 aliphatic heterocycles. The lowest BCUT2D eigenvalue weighted by Gasteiger charge is -2.24. The number of aromatic nitrogens is 3. The number of pyridine rings is 3. The molecule has 1 fully saturated rings. The summed E-state index contributed by atoms with van der Waals surface area (Å²) >= 11 is 0. The van der Waals surface area contributed by atoms with Crippen LogP contribution in [0.3, 0.4) is 0 Å². The third kappa shape index (κ3) is 5.52. The predicted octanol–water partition coefficient (Wildman–Crippen LogP) is 7.02. The molecule has 1 aliphatic carbocycles. The van der Waals surface area contributed by atoms with Gasteiger partial charge in [-0.05, 0) is 48.2 Å². The van der Waals surface area contributed by atoms with Crippen LogP contribution >= 0.6 is 0 Å². The van der Waals surface area contributed by atoms with E-state index in [0.29, 0.717) is 11.3 Å². The Kier molecular flexibility index (Phi) is 7.70. The molecule has 2 aromatic carbocycles. The zero-order valence-electron chi connectivity index (χ0n) is 24.3. The second kappa shape index (κ2) is 11.5. The van der Waals surface area contributed by atoms with Gasteiger partial charge in [0.05, 0.1) is 25.3 Å². The van der Waals surface area contributed by atoms with E-state index >= 15 is 4.39 Å². The molecule has 8 nitrogen and oxygen atoms in total. The van der Waals surface area contributed by atoms with E-state index in [1.807, 2.05) is 0 Å². The minimum Gasteiger partial charge on any atom is -0.491 e. The van der Waals surface area contributed by atoms with E-state index in [4.69, 9.17) is 14.2 Å². The first-order valence-electron chi connectivity index (χ1n) is 13.9. The normalized spacial score (nSPS) is 13.8. The van der Waals surface area contributed by atoms with Crippen LogP contribution in [0, 0.1) is 11.6 Å². The smallest absolute Gasteiger partial charge is 0.411 e. The third-order valence-electron chi connectivity index (χ3n) is 7.83. The summed E-state index contributed by atoms with van der Waals surface area (Å²) in [7, 11) is 2.85. The number of hydrogen-bond acceptors (Lipinski definition) is 7. The molecule has 46 heavy (non-hydrogen) atoms. The summed E-state index contributed by atoms with van der Waals surface area (Å²) in [6, 6.07) is 11.4. The van der Waals surface area contributed by atoms with Gasteiger partial charge in [-0.25, -0.2) is 13.8 Å². The van der Waals surface area contributed by atoms with Crippen molar-refractivity contribution in [2.45, 2.75) is 31.0 Å². The molecule has 6 rings (SSSR count). The SMILES string of the molecule is COc1cc2nccc(Oc3ccc(CC(=O)c4cn(C5(C(F)(F)F)CC5)cc(-c5ccc(F)cc5)c4=O)cc3F)c2nc1OC. The number of ether oxygens (including phenoxy) is 3. The van der Waals surface area contributed by atoms with Crippen LogP contribution in [0.5, 0.6) is 23.1 Å². The zero-order valence-corrected chi connectivity index (χ0v) is 24.3. The van der Waals surface area contributed by atoms with Crippen LogP contribution in [-0.2, 0) is 12.0 Å². The first-order valence-corrected chi connectivity index (χ1v) is 13.9. The maximum absolute atomic E-state index is 15.3. The Labute approximate surface area is 258 Å². The highest BCUT2D eigenvalue weighted by Crippen LogP contribution is 2.55. The molecule has 0 bridgehead atoms. The first kappa shape index (κ1) is 30.7. The second-order valence-electron chi connectivity index (χ2n) is 10.7. The summed E-state index contributed by atoms with van der Waals surface area (Å²) in [6.07, 6.45) is -2.22. The van der Waals surface area contributed by atoms with Crippen molar-refractivity contribution in [2.24, 2.45) is 0 Å². The first-order chi connectivity index (χ1) is 21.9. The topological polar surface area (TPSA) is 92.5 Å². The number of Topliss-reactive ketones (excluding diaryl/α,β-unsaturated/α-hetero) is 1. The van der Waals surface area contributed by atoms with Crippen LogP contribution < -0.4 is 19.6 Å². The summed E-state index contributed by atoms with van der Waals surface area (Å²) in [6.45, 7) is 0. The number of carbonyl (C=O) groups excluding carboxylic acids is 1. The van der Waals surface area contributed by atoms with Gasteiger partial charge in [-0.15, -0.1) is 0 Å². The molecule has 1 aliphatic rings. The molecule has 5 aromatic rings. The fourth-order valence-corrected chi connectivity index (χ4v) is 5.19. The molecule has 0 unspecified atom stereocenters. The minimum absolute atomic E-state index is 0.147. The largest absolute Gasteiger partial charge is 0.491 e. The Morgan fingerprint density at radius 3 is 2.30 bits per heavy atom. The summed E-state index contributed by atoms with van der Waals surface area (Å²) < 4.78 is 88.0. The molecule has 0 spiro atoms. The Morgan fingerprint density at radius 1 is 0.935 bits per heavy atom. The van der Waals surface area contributed by atoms with Gasteiger partial charge in [-0.3, -0.25) is 14.6 Å². The van der Waals surface area contributed by atoms with E-state index < -0.39 is 46.5 Å². The van der Waals surface area contributed by atoms with Gasteiger partial charge in [0.2, 0.25) is 0 Å². The maximum Gasteiger partial charge on any atom is 0.411 e. The van der Waals surface area contributed by atoms with Gasteiger partial charge in [-0.2, -0.15) is 13.2 Å². The number of halogens is 5. The van der Waals surface area contributed by atoms with Gasteiger partial charge >= 0.3 is 6.18 Å². The number of methoxy groups -OCH3 is 2. The molecule has 1 saturated carbocycles. The lowest BCUT2D eigenvalue weighted by molar-refractivity contribution is -0.180. The summed E-state index contributed by atoms with van der Waals surface area (Å²) in [5.41, 5.74) is -2.83. The highest BCUT2D eigenvalue weighted by Gasteiger charge is 2.64. The van der Waals surface area contributed by atoms with E-state index in [2.05, 4.69) is 9.97 Å². The molecule has 0 amide bonds. The summed E-state index contributed by atoms with van der Waals surface area (Å²) in [5.74, 6) is -1.82. The Balaban J connectivity index is 1.31. The molecule has 3 heterocycles. The molecular formula is C33H24F5N3O5. The van der Waals surface area contributed by atoms with Gasteiger partial charge < -0.3 is 18.8 Å². The predicted molar refractivity (Wildman–Crippen MR) is 157 cm³/mol. The van der Waals surface area contributed by atoms with Crippen LogP contribution in [-0.4, -0.2) is 40.7 Å². The average Bonchev–Trinajstić information content (AvgIpc) is 3.85. The Hall–Kier alpha value is -5.33.